The van der Waals surface area contributed by atoms with Crippen LogP contribution in [0.5, 0.6) is 0 Å². The lowest BCUT2D eigenvalue weighted by atomic mass is 9.95. The zero-order valence-electron chi connectivity index (χ0n) is 27.2. The van der Waals surface area contributed by atoms with Crippen LogP contribution in [0.2, 0.25) is 0 Å². The number of piperazine rings is 1. The standard InChI is InChI=1S/C36H36F2N8O2/c1-5-30(47)43-15-16-45(22(4)19-43)34-27-18-29(38)32-31-24(10-7-13-28(31)37)17-25-20-44(42-41-25)14-8-11-23-9-6-12-26(21(2)3)33(23)46(35(27)39-32)36(48)40-34/h5-7,9-10,12-13,18,20-22H,1,8,11,14-17,19H2,2-4H3/t22-/m0/s1. The quantitative estimate of drug-likeness (QED) is 0.248. The van der Waals surface area contributed by atoms with Crippen LogP contribution < -0.4 is 10.6 Å². The maximum atomic E-state index is 16.5. The van der Waals surface area contributed by atoms with Gasteiger partial charge in [0.25, 0.3) is 0 Å². The third kappa shape index (κ3) is 5.44. The number of amides is 1. The molecular weight excluding hydrogens is 614 g/mol. The highest BCUT2D eigenvalue weighted by molar-refractivity contribution is 5.91. The van der Waals surface area contributed by atoms with Gasteiger partial charge in [0.1, 0.15) is 23.1 Å². The minimum absolute atomic E-state index is 0.000899. The van der Waals surface area contributed by atoms with E-state index in [0.29, 0.717) is 61.4 Å². The molecule has 1 atom stereocenters. The van der Waals surface area contributed by atoms with E-state index in [1.807, 2.05) is 50.1 Å². The normalized spacial score (nSPS) is 16.4. The van der Waals surface area contributed by atoms with Crippen LogP contribution in [0.4, 0.5) is 14.6 Å². The van der Waals surface area contributed by atoms with Crippen molar-refractivity contribution in [3.63, 3.8) is 0 Å². The highest BCUT2D eigenvalue weighted by Gasteiger charge is 2.31. The van der Waals surface area contributed by atoms with Crippen LogP contribution >= 0.6 is 0 Å². The van der Waals surface area contributed by atoms with Gasteiger partial charge >= 0.3 is 5.69 Å². The maximum absolute atomic E-state index is 16.5. The number of aromatic nitrogens is 6. The molecule has 1 saturated heterocycles. The number of aryl methyl sites for hydroxylation is 2. The first kappa shape index (κ1) is 31.3. The molecule has 0 spiro atoms. The minimum Gasteiger partial charge on any atom is -0.350 e. The molecule has 0 N–H and O–H groups in total. The fraction of sp³-hybridized carbons (Fsp3) is 0.333. The van der Waals surface area contributed by atoms with E-state index in [-0.39, 0.29) is 47.0 Å². The summed E-state index contributed by atoms with van der Waals surface area (Å²) in [7, 11) is 0. The molecule has 1 fully saturated rings. The molecule has 48 heavy (non-hydrogen) atoms. The second-order valence-corrected chi connectivity index (χ2v) is 12.8. The number of pyridine rings is 1. The summed E-state index contributed by atoms with van der Waals surface area (Å²) in [6, 6.07) is 11.6. The Hall–Kier alpha value is -5.26. The minimum atomic E-state index is -0.749. The third-order valence-electron chi connectivity index (χ3n) is 9.31. The van der Waals surface area contributed by atoms with Gasteiger partial charge in [0.2, 0.25) is 5.91 Å². The Morgan fingerprint density at radius 3 is 2.60 bits per heavy atom. The predicted octanol–water partition coefficient (Wildman–Crippen LogP) is 5.20. The summed E-state index contributed by atoms with van der Waals surface area (Å²) in [5.74, 6) is -1.28. The predicted molar refractivity (Wildman–Crippen MR) is 179 cm³/mol. The number of benzene rings is 2. The van der Waals surface area contributed by atoms with Crippen molar-refractivity contribution in [2.45, 2.75) is 58.5 Å². The molecule has 2 aliphatic rings. The van der Waals surface area contributed by atoms with Crippen LogP contribution in [0.15, 0.2) is 66.1 Å². The molecule has 5 heterocycles. The first-order valence-electron chi connectivity index (χ1n) is 16.2. The Kier molecular flexibility index (Phi) is 8.10. The second-order valence-electron chi connectivity index (χ2n) is 12.8. The molecule has 7 rings (SSSR count). The average Bonchev–Trinajstić information content (AvgIpc) is 3.51. The van der Waals surface area contributed by atoms with Crippen LogP contribution in [0, 0.1) is 11.6 Å². The van der Waals surface area contributed by atoms with E-state index in [0.717, 1.165) is 11.1 Å². The first-order chi connectivity index (χ1) is 23.1. The van der Waals surface area contributed by atoms with E-state index in [4.69, 9.17) is 4.98 Å². The van der Waals surface area contributed by atoms with Crippen LogP contribution in [0.25, 0.3) is 28.0 Å². The lowest BCUT2D eigenvalue weighted by Crippen LogP contribution is -2.54. The number of nitrogens with zero attached hydrogens (tertiary/aromatic N) is 8. The van der Waals surface area contributed by atoms with Crippen molar-refractivity contribution in [3.05, 3.63) is 106 Å². The molecule has 2 aliphatic heterocycles. The van der Waals surface area contributed by atoms with Gasteiger partial charge in [-0.25, -0.2) is 23.1 Å². The molecule has 0 saturated carbocycles. The summed E-state index contributed by atoms with van der Waals surface area (Å²) in [4.78, 5) is 39.9. The van der Waals surface area contributed by atoms with Crippen LogP contribution in [-0.4, -0.2) is 66.0 Å². The van der Waals surface area contributed by atoms with Crippen molar-refractivity contribution in [1.82, 2.24) is 34.4 Å². The number of rotatable bonds is 3. The highest BCUT2D eigenvalue weighted by atomic mass is 19.1. The summed E-state index contributed by atoms with van der Waals surface area (Å²) in [5.41, 5.74) is 2.96. The van der Waals surface area contributed by atoms with Gasteiger partial charge in [0, 0.05) is 50.4 Å². The lowest BCUT2D eigenvalue weighted by Gasteiger charge is -2.40. The fourth-order valence-corrected chi connectivity index (χ4v) is 6.99. The number of carbonyl (C=O) groups excluding carboxylic acids is 1. The van der Waals surface area contributed by atoms with Crippen molar-refractivity contribution in [1.29, 1.82) is 0 Å². The SMILES string of the molecule is C=CC(=O)N1CCN(c2nc(=O)n3c4nc(c(F)cc24)-c2c(F)cccc2Cc2cn(nn2)CCCc2cccc(C(C)C)c2-3)[C@@H](C)C1. The van der Waals surface area contributed by atoms with Crippen LogP contribution in [0.3, 0.4) is 0 Å². The molecule has 0 aliphatic carbocycles. The second kappa shape index (κ2) is 12.4. The summed E-state index contributed by atoms with van der Waals surface area (Å²) in [6.45, 7) is 11.3. The Morgan fingerprint density at radius 1 is 1.04 bits per heavy atom. The van der Waals surface area contributed by atoms with Crippen molar-refractivity contribution >= 4 is 22.8 Å². The Labute approximate surface area is 276 Å². The van der Waals surface area contributed by atoms with E-state index in [1.54, 1.807) is 21.7 Å². The topological polar surface area (TPSA) is 102 Å². The molecule has 0 radical (unpaired) electrons. The van der Waals surface area contributed by atoms with E-state index < -0.39 is 17.3 Å². The molecule has 246 valence electrons. The van der Waals surface area contributed by atoms with Gasteiger partial charge in [-0.2, -0.15) is 4.98 Å². The van der Waals surface area contributed by atoms with Crippen molar-refractivity contribution < 1.29 is 13.6 Å². The van der Waals surface area contributed by atoms with E-state index in [9.17, 15) is 9.59 Å². The third-order valence-corrected chi connectivity index (χ3v) is 9.31. The molecular formula is C36H36F2N8O2. The lowest BCUT2D eigenvalue weighted by molar-refractivity contribution is -0.126. The molecule has 2 aromatic carbocycles. The highest BCUT2D eigenvalue weighted by Crippen LogP contribution is 2.36. The van der Waals surface area contributed by atoms with Gasteiger partial charge in [-0.05, 0) is 60.6 Å². The first-order valence-corrected chi connectivity index (χ1v) is 16.2. The van der Waals surface area contributed by atoms with Crippen LogP contribution in [-0.2, 0) is 24.2 Å². The number of carbonyl (C=O) groups is 1. The van der Waals surface area contributed by atoms with Gasteiger partial charge in [-0.1, -0.05) is 56.0 Å². The molecule has 10 nitrogen and oxygen atoms in total. The van der Waals surface area contributed by atoms with E-state index in [2.05, 4.69) is 21.9 Å². The Bertz CT molecular complexity index is 2140. The maximum Gasteiger partial charge on any atom is 0.355 e. The summed E-state index contributed by atoms with van der Waals surface area (Å²) < 4.78 is 35.5. The van der Waals surface area contributed by atoms with Crippen LogP contribution in [0.1, 0.15) is 55.5 Å². The summed E-state index contributed by atoms with van der Waals surface area (Å²) in [5, 5.41) is 8.91. The Balaban J connectivity index is 1.54. The number of halogens is 2. The molecule has 5 aromatic rings. The number of anilines is 1. The molecule has 3 aromatic heterocycles. The monoisotopic (exact) mass is 650 g/mol. The number of para-hydroxylation sites is 1. The smallest absolute Gasteiger partial charge is 0.350 e. The number of fused-ring (bicyclic) bond motifs is 7. The van der Waals surface area contributed by atoms with E-state index >= 15 is 8.78 Å². The molecule has 4 bridgehead atoms. The zero-order chi connectivity index (χ0) is 33.7. The Morgan fingerprint density at radius 2 is 1.83 bits per heavy atom. The van der Waals surface area contributed by atoms with Gasteiger partial charge in [0.15, 0.2) is 5.65 Å². The fourth-order valence-electron chi connectivity index (χ4n) is 6.99. The molecule has 0 unspecified atom stereocenters. The summed E-state index contributed by atoms with van der Waals surface area (Å²) >= 11 is 0. The molecule has 1 amide bonds. The van der Waals surface area contributed by atoms with Crippen molar-refractivity contribution in [3.8, 4) is 16.9 Å². The van der Waals surface area contributed by atoms with Crippen molar-refractivity contribution in [2.75, 3.05) is 24.5 Å². The number of hydrogen-bond donors (Lipinski definition) is 0. The number of hydrogen-bond acceptors (Lipinski definition) is 7. The summed E-state index contributed by atoms with van der Waals surface area (Å²) in [6.07, 6.45) is 4.64. The largest absolute Gasteiger partial charge is 0.355 e. The van der Waals surface area contributed by atoms with Gasteiger partial charge in [0.05, 0.1) is 16.8 Å². The molecule has 12 heteroatoms. The average molecular weight is 651 g/mol. The zero-order valence-corrected chi connectivity index (χ0v) is 27.2. The van der Waals surface area contributed by atoms with Crippen molar-refractivity contribution in [2.24, 2.45) is 0 Å². The van der Waals surface area contributed by atoms with E-state index in [1.165, 1.54) is 22.8 Å². The van der Waals surface area contributed by atoms with Gasteiger partial charge in [-0.3, -0.25) is 9.48 Å². The van der Waals surface area contributed by atoms with Gasteiger partial charge in [-0.15, -0.1) is 5.10 Å². The van der Waals surface area contributed by atoms with Gasteiger partial charge < -0.3 is 9.80 Å².